The van der Waals surface area contributed by atoms with Gasteiger partial charge in [-0.3, -0.25) is 0 Å². The third kappa shape index (κ3) is 4.17. The van der Waals surface area contributed by atoms with Gasteiger partial charge in [0.1, 0.15) is 5.75 Å². The van der Waals surface area contributed by atoms with Crippen molar-refractivity contribution in [3.8, 4) is 16.9 Å². The lowest BCUT2D eigenvalue weighted by Gasteiger charge is -2.13. The molecule has 0 saturated carbocycles. The zero-order chi connectivity index (χ0) is 16.7. The summed E-state index contributed by atoms with van der Waals surface area (Å²) in [6.45, 7) is 2.16. The van der Waals surface area contributed by atoms with Crippen LogP contribution in [0.1, 0.15) is 12.5 Å². The fraction of sp³-hybridized carbons (Fsp3) is 0.211. The number of carbonyl (C=O) groups excluding carboxylic acids is 1. The number of methoxy groups -OCH3 is 1. The van der Waals surface area contributed by atoms with Gasteiger partial charge in [0, 0.05) is 0 Å². The molecule has 0 spiro atoms. The molecule has 120 valence electrons. The summed E-state index contributed by atoms with van der Waals surface area (Å²) in [5.41, 5.74) is 3.39. The van der Waals surface area contributed by atoms with E-state index in [0.717, 1.165) is 22.4 Å². The first-order chi connectivity index (χ1) is 11.2. The van der Waals surface area contributed by atoms with Gasteiger partial charge in [0.15, 0.2) is 0 Å². The maximum absolute atomic E-state index is 12.3. The highest BCUT2D eigenvalue weighted by Gasteiger charge is 2.17. The maximum Gasteiger partial charge on any atom is 0.339 e. The molecule has 3 nitrogen and oxygen atoms in total. The van der Waals surface area contributed by atoms with E-state index in [2.05, 4.69) is 0 Å². The fourth-order valence-corrected chi connectivity index (χ4v) is 2.77. The van der Waals surface area contributed by atoms with Gasteiger partial charge < -0.3 is 9.47 Å². The predicted molar refractivity (Wildman–Crippen MR) is 96.6 cm³/mol. The predicted octanol–water partition coefficient (Wildman–Crippen LogP) is 4.63. The average molecular weight is 328 g/mol. The van der Waals surface area contributed by atoms with Crippen molar-refractivity contribution in [1.82, 2.24) is 0 Å². The molecule has 2 aromatic rings. The second kappa shape index (κ2) is 8.44. The van der Waals surface area contributed by atoms with E-state index in [4.69, 9.17) is 9.47 Å². The Hall–Kier alpha value is -2.20. The van der Waals surface area contributed by atoms with Crippen molar-refractivity contribution < 1.29 is 14.3 Å². The molecule has 0 unspecified atom stereocenters. The van der Waals surface area contributed by atoms with E-state index in [0.29, 0.717) is 12.2 Å². The second-order valence-corrected chi connectivity index (χ2v) is 5.47. The lowest BCUT2D eigenvalue weighted by Crippen LogP contribution is -2.07. The summed E-state index contributed by atoms with van der Waals surface area (Å²) in [5.74, 6) is 0.473. The first-order valence-electron chi connectivity index (χ1n) is 7.35. The van der Waals surface area contributed by atoms with Crippen LogP contribution in [0, 0.1) is 0 Å². The summed E-state index contributed by atoms with van der Waals surface area (Å²) in [5, 5.41) is 1.83. The third-order valence-corrected chi connectivity index (χ3v) is 3.80. The van der Waals surface area contributed by atoms with Gasteiger partial charge in [0.25, 0.3) is 0 Å². The fourth-order valence-electron chi connectivity index (χ4n) is 2.31. The molecule has 0 aliphatic carbocycles. The smallest absolute Gasteiger partial charge is 0.339 e. The molecule has 2 aromatic carbocycles. The monoisotopic (exact) mass is 328 g/mol. The number of ether oxygens (including phenoxy) is 2. The molecule has 0 aromatic heterocycles. The molecule has 4 heteroatoms. The Morgan fingerprint density at radius 3 is 2.65 bits per heavy atom. The molecule has 0 aliphatic heterocycles. The number of benzene rings is 2. The van der Waals surface area contributed by atoms with Gasteiger partial charge in [-0.25, -0.2) is 4.79 Å². The summed E-state index contributed by atoms with van der Waals surface area (Å²) >= 11 is 1.48. The number of thioether (sulfide) groups is 1. The van der Waals surface area contributed by atoms with Crippen molar-refractivity contribution in [2.75, 3.05) is 20.0 Å². The number of hydrogen-bond donors (Lipinski definition) is 0. The third-order valence-electron chi connectivity index (χ3n) is 3.33. The summed E-state index contributed by atoms with van der Waals surface area (Å²) in [4.78, 5) is 12.3. The molecule has 0 fully saturated rings. The van der Waals surface area contributed by atoms with E-state index in [1.54, 1.807) is 7.11 Å². The Morgan fingerprint density at radius 2 is 1.96 bits per heavy atom. The second-order valence-electron chi connectivity index (χ2n) is 4.77. The van der Waals surface area contributed by atoms with Crippen LogP contribution in [0.5, 0.6) is 5.75 Å². The highest BCUT2D eigenvalue weighted by atomic mass is 32.2. The normalized spacial score (nSPS) is 11.2. The Morgan fingerprint density at radius 1 is 1.17 bits per heavy atom. The standard InChI is InChI=1S/C19H20O3S/c1-4-22-19(20)18(13-23-3)17-11-6-5-10-16(17)14-8-7-9-15(12-14)21-2/h5-13H,4H2,1-3H3. The van der Waals surface area contributed by atoms with Crippen LogP contribution >= 0.6 is 11.8 Å². The molecule has 0 bridgehead atoms. The highest BCUT2D eigenvalue weighted by Crippen LogP contribution is 2.32. The van der Waals surface area contributed by atoms with Crippen molar-refractivity contribution in [3.05, 3.63) is 59.5 Å². The molecule has 2 rings (SSSR count). The summed E-state index contributed by atoms with van der Waals surface area (Å²) in [6, 6.07) is 15.6. The van der Waals surface area contributed by atoms with E-state index in [9.17, 15) is 4.79 Å². The number of carbonyl (C=O) groups is 1. The quantitative estimate of drug-likeness (QED) is 0.572. The van der Waals surface area contributed by atoms with Crippen LogP contribution in [0.3, 0.4) is 0 Å². The Bertz CT molecular complexity index is 707. The van der Waals surface area contributed by atoms with Crippen LogP contribution in [-0.2, 0) is 9.53 Å². The summed E-state index contributed by atoms with van der Waals surface area (Å²) < 4.78 is 10.5. The lowest BCUT2D eigenvalue weighted by atomic mass is 9.95. The minimum absolute atomic E-state index is 0.308. The maximum atomic E-state index is 12.3. The molecule has 0 N–H and O–H groups in total. The SMILES string of the molecule is CCOC(=O)C(=CSC)c1ccccc1-c1cccc(OC)c1. The Labute approximate surface area is 141 Å². The van der Waals surface area contributed by atoms with Gasteiger partial charge in [-0.15, -0.1) is 11.8 Å². The van der Waals surface area contributed by atoms with Crippen molar-refractivity contribution in [2.45, 2.75) is 6.92 Å². The first-order valence-corrected chi connectivity index (χ1v) is 8.64. The van der Waals surface area contributed by atoms with Crippen LogP contribution in [0.4, 0.5) is 0 Å². The molecule has 0 atom stereocenters. The lowest BCUT2D eigenvalue weighted by molar-refractivity contribution is -0.136. The van der Waals surface area contributed by atoms with Crippen molar-refractivity contribution in [2.24, 2.45) is 0 Å². The Balaban J connectivity index is 2.55. The van der Waals surface area contributed by atoms with Crippen LogP contribution in [0.15, 0.2) is 53.9 Å². The molecular weight excluding hydrogens is 308 g/mol. The van der Waals surface area contributed by atoms with Crippen LogP contribution < -0.4 is 4.74 Å². The topological polar surface area (TPSA) is 35.5 Å². The van der Waals surface area contributed by atoms with Gasteiger partial charge in [0.05, 0.1) is 19.3 Å². The minimum atomic E-state index is -0.308. The van der Waals surface area contributed by atoms with Gasteiger partial charge in [-0.2, -0.15) is 0 Å². The zero-order valence-electron chi connectivity index (χ0n) is 13.5. The van der Waals surface area contributed by atoms with Gasteiger partial charge in [-0.05, 0) is 47.4 Å². The Kier molecular flexibility index (Phi) is 6.29. The van der Waals surface area contributed by atoms with E-state index < -0.39 is 0 Å². The van der Waals surface area contributed by atoms with Crippen molar-refractivity contribution in [1.29, 1.82) is 0 Å². The van der Waals surface area contributed by atoms with Crippen LogP contribution in [-0.4, -0.2) is 25.9 Å². The molecule has 0 aliphatic rings. The number of hydrogen-bond acceptors (Lipinski definition) is 4. The number of rotatable bonds is 6. The van der Waals surface area contributed by atoms with Crippen LogP contribution in [0.2, 0.25) is 0 Å². The highest BCUT2D eigenvalue weighted by molar-refractivity contribution is 8.01. The van der Waals surface area contributed by atoms with Gasteiger partial charge >= 0.3 is 5.97 Å². The van der Waals surface area contributed by atoms with E-state index >= 15 is 0 Å². The van der Waals surface area contributed by atoms with E-state index in [1.807, 2.05) is 67.1 Å². The number of esters is 1. The van der Waals surface area contributed by atoms with Crippen molar-refractivity contribution >= 4 is 23.3 Å². The van der Waals surface area contributed by atoms with E-state index in [1.165, 1.54) is 11.8 Å². The van der Waals surface area contributed by atoms with Crippen LogP contribution in [0.25, 0.3) is 16.7 Å². The minimum Gasteiger partial charge on any atom is -0.497 e. The van der Waals surface area contributed by atoms with E-state index in [-0.39, 0.29) is 5.97 Å². The molecule has 0 heterocycles. The first kappa shape index (κ1) is 17.2. The molecule has 0 amide bonds. The molecular formula is C19H20O3S. The van der Waals surface area contributed by atoms with Gasteiger partial charge in [-0.1, -0.05) is 36.4 Å². The average Bonchev–Trinajstić information content (AvgIpc) is 2.60. The zero-order valence-corrected chi connectivity index (χ0v) is 14.4. The van der Waals surface area contributed by atoms with Crippen molar-refractivity contribution in [3.63, 3.8) is 0 Å². The molecule has 23 heavy (non-hydrogen) atoms. The largest absolute Gasteiger partial charge is 0.497 e. The van der Waals surface area contributed by atoms with Gasteiger partial charge in [0.2, 0.25) is 0 Å². The summed E-state index contributed by atoms with van der Waals surface area (Å²) in [7, 11) is 1.64. The molecule has 0 saturated heterocycles. The molecule has 0 radical (unpaired) electrons. The summed E-state index contributed by atoms with van der Waals surface area (Å²) in [6.07, 6.45) is 1.92.